The van der Waals surface area contributed by atoms with E-state index in [0.717, 1.165) is 24.2 Å². The number of hydrogen-bond acceptors (Lipinski definition) is 3. The van der Waals surface area contributed by atoms with Crippen molar-refractivity contribution in [2.75, 3.05) is 0 Å². The normalized spacial score (nSPS) is 10.8. The molecule has 0 saturated heterocycles. The number of hydrogen-bond donors (Lipinski definition) is 2. The number of carbonyl (C=O) groups is 2. The number of rotatable bonds is 6. The Morgan fingerprint density at radius 1 is 1.40 bits per heavy atom. The van der Waals surface area contributed by atoms with Crippen LogP contribution in [0.4, 0.5) is 0 Å². The quantitative estimate of drug-likeness (QED) is 0.835. The number of imidazole rings is 1. The number of amides is 1. The zero-order valence-electron chi connectivity index (χ0n) is 11.3. The summed E-state index contributed by atoms with van der Waals surface area (Å²) in [7, 11) is 0. The van der Waals surface area contributed by atoms with E-state index in [1.807, 2.05) is 11.5 Å². The van der Waals surface area contributed by atoms with E-state index in [1.54, 1.807) is 18.2 Å². The van der Waals surface area contributed by atoms with Crippen molar-refractivity contribution in [3.8, 4) is 0 Å². The third-order valence-corrected chi connectivity index (χ3v) is 3.13. The minimum atomic E-state index is -0.976. The summed E-state index contributed by atoms with van der Waals surface area (Å²) in [5.41, 5.74) is 6.87. The van der Waals surface area contributed by atoms with Gasteiger partial charge in [0.05, 0.1) is 16.6 Å². The molecule has 1 heterocycles. The van der Waals surface area contributed by atoms with E-state index in [-0.39, 0.29) is 17.9 Å². The van der Waals surface area contributed by atoms with Gasteiger partial charge in [-0.25, -0.2) is 9.78 Å². The van der Waals surface area contributed by atoms with E-state index in [4.69, 9.17) is 10.8 Å². The first-order valence-electron chi connectivity index (χ1n) is 6.53. The predicted octanol–water partition coefficient (Wildman–Crippen LogP) is 1.56. The van der Waals surface area contributed by atoms with Gasteiger partial charge < -0.3 is 15.4 Å². The first kappa shape index (κ1) is 14.0. The van der Waals surface area contributed by atoms with Gasteiger partial charge in [0.2, 0.25) is 5.91 Å². The topological polar surface area (TPSA) is 98.2 Å². The number of aromatic carboxylic acids is 1. The second kappa shape index (κ2) is 5.73. The van der Waals surface area contributed by atoms with Gasteiger partial charge in [0.1, 0.15) is 5.82 Å². The Hall–Kier alpha value is -2.37. The van der Waals surface area contributed by atoms with Crippen molar-refractivity contribution < 1.29 is 14.7 Å². The highest BCUT2D eigenvalue weighted by Gasteiger charge is 2.13. The van der Waals surface area contributed by atoms with Crippen LogP contribution in [-0.2, 0) is 17.8 Å². The number of carboxylic acids is 1. The van der Waals surface area contributed by atoms with Gasteiger partial charge in [0.15, 0.2) is 0 Å². The van der Waals surface area contributed by atoms with Crippen LogP contribution >= 0.6 is 0 Å². The van der Waals surface area contributed by atoms with Gasteiger partial charge in [0, 0.05) is 19.4 Å². The Labute approximate surface area is 116 Å². The lowest BCUT2D eigenvalue weighted by molar-refractivity contribution is -0.118. The SMILES string of the molecule is CCCc1nc2cc(C(=O)O)ccc2n1CCC(N)=O. The Morgan fingerprint density at radius 3 is 2.75 bits per heavy atom. The Bertz CT molecular complexity index is 661. The van der Waals surface area contributed by atoms with E-state index in [2.05, 4.69) is 4.98 Å². The maximum Gasteiger partial charge on any atom is 0.335 e. The first-order chi connectivity index (χ1) is 9.52. The monoisotopic (exact) mass is 275 g/mol. The molecule has 0 aliphatic carbocycles. The fourth-order valence-corrected chi connectivity index (χ4v) is 2.20. The first-order valence-corrected chi connectivity index (χ1v) is 6.53. The number of nitrogens with two attached hydrogens (primary N) is 1. The van der Waals surface area contributed by atoms with Crippen molar-refractivity contribution in [2.24, 2.45) is 5.73 Å². The van der Waals surface area contributed by atoms with Crippen LogP contribution in [-0.4, -0.2) is 26.5 Å². The molecular formula is C14H17N3O3. The van der Waals surface area contributed by atoms with Gasteiger partial charge in [-0.2, -0.15) is 0 Å². The molecule has 0 unspecified atom stereocenters. The largest absolute Gasteiger partial charge is 0.478 e. The number of aryl methyl sites for hydroxylation is 2. The highest BCUT2D eigenvalue weighted by molar-refractivity contribution is 5.92. The Morgan fingerprint density at radius 2 is 2.15 bits per heavy atom. The highest BCUT2D eigenvalue weighted by Crippen LogP contribution is 2.19. The van der Waals surface area contributed by atoms with E-state index in [9.17, 15) is 9.59 Å². The molecule has 3 N–H and O–H groups in total. The molecule has 106 valence electrons. The van der Waals surface area contributed by atoms with Gasteiger partial charge in [-0.05, 0) is 24.6 Å². The van der Waals surface area contributed by atoms with Crippen LogP contribution in [0.3, 0.4) is 0 Å². The Kier molecular flexibility index (Phi) is 4.02. The summed E-state index contributed by atoms with van der Waals surface area (Å²) in [6.07, 6.45) is 1.93. The van der Waals surface area contributed by atoms with Crippen LogP contribution in [0.5, 0.6) is 0 Å². The van der Waals surface area contributed by atoms with Crippen molar-refractivity contribution in [1.29, 1.82) is 0 Å². The van der Waals surface area contributed by atoms with E-state index in [0.29, 0.717) is 12.1 Å². The van der Waals surface area contributed by atoms with Crippen molar-refractivity contribution in [1.82, 2.24) is 9.55 Å². The van der Waals surface area contributed by atoms with Gasteiger partial charge in [-0.1, -0.05) is 6.92 Å². The maximum atomic E-state index is 11.0. The number of aromatic nitrogens is 2. The minimum absolute atomic E-state index is 0.208. The molecule has 1 aromatic carbocycles. The van der Waals surface area contributed by atoms with Gasteiger partial charge in [0.25, 0.3) is 0 Å². The molecule has 0 atom stereocenters. The summed E-state index contributed by atoms with van der Waals surface area (Å²) in [5.74, 6) is -0.488. The molecule has 0 saturated carbocycles. The molecule has 0 aliphatic heterocycles. The van der Waals surface area contributed by atoms with E-state index < -0.39 is 5.97 Å². The molecule has 1 aromatic heterocycles. The van der Waals surface area contributed by atoms with Crippen LogP contribution in [0.1, 0.15) is 35.9 Å². The smallest absolute Gasteiger partial charge is 0.335 e. The average Bonchev–Trinajstić information content (AvgIpc) is 2.73. The van der Waals surface area contributed by atoms with Gasteiger partial charge >= 0.3 is 5.97 Å². The number of carbonyl (C=O) groups excluding carboxylic acids is 1. The molecule has 0 aliphatic rings. The molecule has 2 aromatic rings. The third-order valence-electron chi connectivity index (χ3n) is 3.13. The molecule has 20 heavy (non-hydrogen) atoms. The highest BCUT2D eigenvalue weighted by atomic mass is 16.4. The zero-order valence-corrected chi connectivity index (χ0v) is 11.3. The summed E-state index contributed by atoms with van der Waals surface area (Å²) < 4.78 is 1.94. The van der Waals surface area contributed by atoms with Crippen molar-refractivity contribution >= 4 is 22.9 Å². The Balaban J connectivity index is 2.48. The van der Waals surface area contributed by atoms with Gasteiger partial charge in [-0.3, -0.25) is 4.79 Å². The summed E-state index contributed by atoms with van der Waals surface area (Å²) >= 11 is 0. The number of nitrogens with zero attached hydrogens (tertiary/aromatic N) is 2. The lowest BCUT2D eigenvalue weighted by atomic mass is 10.2. The standard InChI is InChI=1S/C14H17N3O3/c1-2-3-13-16-10-8-9(14(19)20)4-5-11(10)17(13)7-6-12(15)18/h4-5,8H,2-3,6-7H2,1H3,(H2,15,18)(H,19,20). The van der Waals surface area contributed by atoms with Crippen LogP contribution in [0.2, 0.25) is 0 Å². The zero-order chi connectivity index (χ0) is 14.7. The summed E-state index contributed by atoms with van der Waals surface area (Å²) in [6, 6.07) is 4.83. The van der Waals surface area contributed by atoms with Crippen LogP contribution in [0.15, 0.2) is 18.2 Å². The maximum absolute atomic E-state index is 11.0. The lowest BCUT2D eigenvalue weighted by Gasteiger charge is -2.07. The predicted molar refractivity (Wildman–Crippen MR) is 74.5 cm³/mol. The molecule has 2 rings (SSSR count). The molecule has 0 bridgehead atoms. The molecule has 0 spiro atoms. The molecule has 6 heteroatoms. The fraction of sp³-hybridized carbons (Fsp3) is 0.357. The molecule has 6 nitrogen and oxygen atoms in total. The third kappa shape index (κ3) is 2.79. The second-order valence-corrected chi connectivity index (χ2v) is 4.65. The summed E-state index contributed by atoms with van der Waals surface area (Å²) in [4.78, 5) is 26.4. The molecule has 1 amide bonds. The number of carboxylic acid groups (broad SMARTS) is 1. The summed E-state index contributed by atoms with van der Waals surface area (Å²) in [6.45, 7) is 2.51. The number of fused-ring (bicyclic) bond motifs is 1. The van der Waals surface area contributed by atoms with Gasteiger partial charge in [-0.15, -0.1) is 0 Å². The minimum Gasteiger partial charge on any atom is -0.478 e. The summed E-state index contributed by atoms with van der Waals surface area (Å²) in [5, 5.41) is 9.00. The van der Waals surface area contributed by atoms with Crippen LogP contribution < -0.4 is 5.73 Å². The number of benzene rings is 1. The fourth-order valence-electron chi connectivity index (χ4n) is 2.20. The van der Waals surface area contributed by atoms with Crippen LogP contribution in [0, 0.1) is 0 Å². The van der Waals surface area contributed by atoms with Crippen LogP contribution in [0.25, 0.3) is 11.0 Å². The molecule has 0 fully saturated rings. The van der Waals surface area contributed by atoms with Crippen molar-refractivity contribution in [3.05, 3.63) is 29.6 Å². The average molecular weight is 275 g/mol. The molecular weight excluding hydrogens is 258 g/mol. The lowest BCUT2D eigenvalue weighted by Crippen LogP contribution is -2.15. The van der Waals surface area contributed by atoms with Crippen molar-refractivity contribution in [2.45, 2.75) is 32.7 Å². The van der Waals surface area contributed by atoms with Crippen molar-refractivity contribution in [3.63, 3.8) is 0 Å². The molecule has 0 radical (unpaired) electrons. The van der Waals surface area contributed by atoms with E-state index in [1.165, 1.54) is 0 Å². The van der Waals surface area contributed by atoms with E-state index >= 15 is 0 Å². The number of primary amides is 1. The second-order valence-electron chi connectivity index (χ2n) is 4.65.